The molecule has 148 valence electrons. The van der Waals surface area contributed by atoms with Crippen molar-refractivity contribution in [1.29, 1.82) is 0 Å². The van der Waals surface area contributed by atoms with E-state index in [2.05, 4.69) is 39.5 Å². The molecule has 0 fully saturated rings. The molecule has 0 aliphatic carbocycles. The van der Waals surface area contributed by atoms with Gasteiger partial charge in [0.1, 0.15) is 5.76 Å². The fourth-order valence-corrected chi connectivity index (χ4v) is 3.57. The van der Waals surface area contributed by atoms with E-state index in [9.17, 15) is 4.79 Å². The number of hydrogen-bond donors (Lipinski definition) is 2. The summed E-state index contributed by atoms with van der Waals surface area (Å²) in [6.07, 6.45) is 4.49. The predicted octanol–water partition coefficient (Wildman–Crippen LogP) is 4.12. The highest BCUT2D eigenvalue weighted by Gasteiger charge is 2.13. The SMILES string of the molecule is O=C(CN(Cc1ccccc1)Cc1ccco1)NCCc1c[nH]c2ccccc12. The van der Waals surface area contributed by atoms with E-state index < -0.39 is 0 Å². The largest absolute Gasteiger partial charge is 0.468 e. The lowest BCUT2D eigenvalue weighted by atomic mass is 10.1. The highest BCUT2D eigenvalue weighted by Crippen LogP contribution is 2.17. The molecule has 4 aromatic rings. The van der Waals surface area contributed by atoms with E-state index in [1.807, 2.05) is 48.7 Å². The topological polar surface area (TPSA) is 61.3 Å². The minimum absolute atomic E-state index is 0.0207. The number of carbonyl (C=O) groups is 1. The molecule has 1 amide bonds. The lowest BCUT2D eigenvalue weighted by molar-refractivity contribution is -0.122. The fraction of sp³-hybridized carbons (Fsp3) is 0.208. The van der Waals surface area contributed by atoms with E-state index in [4.69, 9.17) is 4.42 Å². The maximum absolute atomic E-state index is 12.6. The molecule has 5 heteroatoms. The molecular formula is C24H25N3O2. The van der Waals surface area contributed by atoms with Crippen molar-refractivity contribution < 1.29 is 9.21 Å². The average Bonchev–Trinajstić information content (AvgIpc) is 3.39. The van der Waals surface area contributed by atoms with Gasteiger partial charge in [-0.2, -0.15) is 0 Å². The van der Waals surface area contributed by atoms with E-state index >= 15 is 0 Å². The van der Waals surface area contributed by atoms with Crippen LogP contribution < -0.4 is 5.32 Å². The first-order valence-electron chi connectivity index (χ1n) is 9.88. The number of rotatable bonds is 9. The number of hydrogen-bond acceptors (Lipinski definition) is 3. The van der Waals surface area contributed by atoms with Crippen molar-refractivity contribution >= 4 is 16.8 Å². The Morgan fingerprint density at radius 2 is 1.79 bits per heavy atom. The summed E-state index contributed by atoms with van der Waals surface area (Å²) in [5.41, 5.74) is 3.52. The Kier molecular flexibility index (Phi) is 6.07. The molecule has 29 heavy (non-hydrogen) atoms. The van der Waals surface area contributed by atoms with Gasteiger partial charge in [0.25, 0.3) is 0 Å². The molecule has 5 nitrogen and oxygen atoms in total. The molecule has 2 aromatic carbocycles. The van der Waals surface area contributed by atoms with Crippen molar-refractivity contribution in [2.24, 2.45) is 0 Å². The van der Waals surface area contributed by atoms with Crippen LogP contribution in [0.15, 0.2) is 83.6 Å². The lowest BCUT2D eigenvalue weighted by Gasteiger charge is -2.21. The van der Waals surface area contributed by atoms with Crippen LogP contribution in [0.2, 0.25) is 0 Å². The van der Waals surface area contributed by atoms with Crippen molar-refractivity contribution in [3.05, 3.63) is 96.1 Å². The van der Waals surface area contributed by atoms with Gasteiger partial charge in [-0.1, -0.05) is 48.5 Å². The number of fused-ring (bicyclic) bond motifs is 1. The summed E-state index contributed by atoms with van der Waals surface area (Å²) in [4.78, 5) is 17.9. The smallest absolute Gasteiger partial charge is 0.234 e. The normalized spacial score (nSPS) is 11.2. The maximum atomic E-state index is 12.6. The zero-order valence-corrected chi connectivity index (χ0v) is 16.3. The summed E-state index contributed by atoms with van der Waals surface area (Å²) in [6, 6.07) is 22.2. The van der Waals surface area contributed by atoms with Crippen LogP contribution >= 0.6 is 0 Å². The Balaban J connectivity index is 1.33. The van der Waals surface area contributed by atoms with Gasteiger partial charge in [-0.15, -0.1) is 0 Å². The van der Waals surface area contributed by atoms with Gasteiger partial charge in [0, 0.05) is 30.2 Å². The Labute approximate surface area is 170 Å². The minimum atomic E-state index is 0.0207. The van der Waals surface area contributed by atoms with Crippen LogP contribution in [0, 0.1) is 0 Å². The van der Waals surface area contributed by atoms with Crippen LogP contribution in [0.25, 0.3) is 10.9 Å². The number of aromatic amines is 1. The van der Waals surface area contributed by atoms with Crippen molar-refractivity contribution in [3.8, 4) is 0 Å². The summed E-state index contributed by atoms with van der Waals surface area (Å²) in [6.45, 7) is 2.22. The van der Waals surface area contributed by atoms with Gasteiger partial charge < -0.3 is 14.7 Å². The van der Waals surface area contributed by atoms with Crippen LogP contribution in [-0.2, 0) is 24.3 Å². The number of amides is 1. The molecule has 0 spiro atoms. The highest BCUT2D eigenvalue weighted by molar-refractivity contribution is 5.83. The molecule has 0 saturated heterocycles. The van der Waals surface area contributed by atoms with Gasteiger partial charge >= 0.3 is 0 Å². The summed E-state index contributed by atoms with van der Waals surface area (Å²) in [5, 5.41) is 4.27. The number of para-hydroxylation sites is 1. The van der Waals surface area contributed by atoms with Crippen molar-refractivity contribution in [2.75, 3.05) is 13.1 Å². The van der Waals surface area contributed by atoms with Crippen molar-refractivity contribution in [2.45, 2.75) is 19.5 Å². The second kappa shape index (κ2) is 9.26. The van der Waals surface area contributed by atoms with Gasteiger partial charge in [-0.05, 0) is 35.7 Å². The first-order valence-corrected chi connectivity index (χ1v) is 9.88. The lowest BCUT2D eigenvalue weighted by Crippen LogP contribution is -2.37. The monoisotopic (exact) mass is 387 g/mol. The average molecular weight is 387 g/mol. The number of nitrogens with zero attached hydrogens (tertiary/aromatic N) is 1. The third-order valence-electron chi connectivity index (χ3n) is 4.97. The molecule has 2 N–H and O–H groups in total. The third-order valence-corrected chi connectivity index (χ3v) is 4.97. The Morgan fingerprint density at radius 3 is 2.62 bits per heavy atom. The second-order valence-corrected chi connectivity index (χ2v) is 7.17. The predicted molar refractivity (Wildman–Crippen MR) is 114 cm³/mol. The van der Waals surface area contributed by atoms with E-state index in [-0.39, 0.29) is 5.91 Å². The van der Waals surface area contributed by atoms with Gasteiger partial charge in [0.05, 0.1) is 19.4 Å². The molecule has 4 rings (SSSR count). The molecule has 0 saturated carbocycles. The van der Waals surface area contributed by atoms with Crippen molar-refractivity contribution in [3.63, 3.8) is 0 Å². The van der Waals surface area contributed by atoms with Crippen LogP contribution in [0.5, 0.6) is 0 Å². The van der Waals surface area contributed by atoms with E-state index in [0.29, 0.717) is 26.2 Å². The zero-order valence-electron chi connectivity index (χ0n) is 16.3. The molecule has 0 unspecified atom stereocenters. The van der Waals surface area contributed by atoms with E-state index in [0.717, 1.165) is 17.7 Å². The van der Waals surface area contributed by atoms with Crippen LogP contribution in [0.3, 0.4) is 0 Å². The molecule has 2 aromatic heterocycles. The second-order valence-electron chi connectivity index (χ2n) is 7.17. The number of furan rings is 1. The fourth-order valence-electron chi connectivity index (χ4n) is 3.57. The first kappa shape index (κ1) is 19.0. The summed E-state index contributed by atoms with van der Waals surface area (Å²) in [5.74, 6) is 0.875. The number of aromatic nitrogens is 1. The Hall–Kier alpha value is -3.31. The molecule has 0 bridgehead atoms. The summed E-state index contributed by atoms with van der Waals surface area (Å²) >= 11 is 0. The molecule has 0 atom stereocenters. The van der Waals surface area contributed by atoms with E-state index in [1.165, 1.54) is 16.5 Å². The highest BCUT2D eigenvalue weighted by atomic mass is 16.3. The van der Waals surface area contributed by atoms with Crippen LogP contribution in [-0.4, -0.2) is 28.9 Å². The van der Waals surface area contributed by atoms with Gasteiger partial charge in [0.2, 0.25) is 5.91 Å². The number of nitrogens with one attached hydrogen (secondary N) is 2. The molecule has 0 aliphatic rings. The number of H-pyrrole nitrogens is 1. The number of carbonyl (C=O) groups excluding carboxylic acids is 1. The zero-order chi connectivity index (χ0) is 19.9. The Bertz CT molecular complexity index is 1040. The summed E-state index contributed by atoms with van der Waals surface area (Å²) < 4.78 is 5.48. The van der Waals surface area contributed by atoms with Crippen LogP contribution in [0.4, 0.5) is 0 Å². The molecule has 2 heterocycles. The van der Waals surface area contributed by atoms with Gasteiger partial charge in [0.15, 0.2) is 0 Å². The molecular weight excluding hydrogens is 362 g/mol. The Morgan fingerprint density at radius 1 is 0.966 bits per heavy atom. The number of benzene rings is 2. The van der Waals surface area contributed by atoms with Crippen LogP contribution in [0.1, 0.15) is 16.9 Å². The summed E-state index contributed by atoms with van der Waals surface area (Å²) in [7, 11) is 0. The molecule has 0 aliphatic heterocycles. The van der Waals surface area contributed by atoms with Crippen molar-refractivity contribution in [1.82, 2.24) is 15.2 Å². The quantitative estimate of drug-likeness (QED) is 0.454. The van der Waals surface area contributed by atoms with Gasteiger partial charge in [-0.25, -0.2) is 0 Å². The maximum Gasteiger partial charge on any atom is 0.234 e. The van der Waals surface area contributed by atoms with Gasteiger partial charge in [-0.3, -0.25) is 9.69 Å². The minimum Gasteiger partial charge on any atom is -0.468 e. The standard InChI is InChI=1S/C24H25N3O2/c28-24(25-13-12-20-15-26-23-11-5-4-10-22(20)23)18-27(17-21-9-6-14-29-21)16-19-7-2-1-3-8-19/h1-11,14-15,26H,12-13,16-18H2,(H,25,28). The molecule has 0 radical (unpaired) electrons. The third kappa shape index (κ3) is 5.15. The van der Waals surface area contributed by atoms with E-state index in [1.54, 1.807) is 6.26 Å². The first-order chi connectivity index (χ1) is 14.3.